The molecule has 5 nitrogen and oxygen atoms in total. The first-order valence-electron chi connectivity index (χ1n) is 6.96. The van der Waals surface area contributed by atoms with Gasteiger partial charge in [-0.25, -0.2) is 8.42 Å². The normalized spacial score (nSPS) is 13.1. The summed E-state index contributed by atoms with van der Waals surface area (Å²) in [5.74, 6) is 0.469. The third-order valence-corrected chi connectivity index (χ3v) is 5.31. The molecule has 1 aromatic heterocycles. The first kappa shape index (κ1) is 15.6. The fourth-order valence-corrected chi connectivity index (χ4v) is 3.33. The molecule has 1 unspecified atom stereocenters. The van der Waals surface area contributed by atoms with Gasteiger partial charge >= 0.3 is 0 Å². The highest BCUT2D eigenvalue weighted by Gasteiger charge is 2.20. The molecule has 0 bridgehead atoms. The molecule has 21 heavy (non-hydrogen) atoms. The SMILES string of the molecule is CCC(C)c1ccc(NS(=O)(=O)c2cnn(C)c2C)cc1. The van der Waals surface area contributed by atoms with Crippen LogP contribution in [0, 0.1) is 6.92 Å². The van der Waals surface area contributed by atoms with Crippen LogP contribution >= 0.6 is 0 Å². The lowest BCUT2D eigenvalue weighted by atomic mass is 9.99. The van der Waals surface area contributed by atoms with Gasteiger partial charge in [0.25, 0.3) is 10.0 Å². The Morgan fingerprint density at radius 3 is 2.38 bits per heavy atom. The highest BCUT2D eigenvalue weighted by atomic mass is 32.2. The highest BCUT2D eigenvalue weighted by Crippen LogP contribution is 2.23. The van der Waals surface area contributed by atoms with Gasteiger partial charge in [0.2, 0.25) is 0 Å². The number of nitrogens with zero attached hydrogens (tertiary/aromatic N) is 2. The molecule has 1 aromatic carbocycles. The van der Waals surface area contributed by atoms with Gasteiger partial charge in [0.15, 0.2) is 0 Å². The van der Waals surface area contributed by atoms with E-state index >= 15 is 0 Å². The van der Waals surface area contributed by atoms with E-state index in [-0.39, 0.29) is 4.90 Å². The van der Waals surface area contributed by atoms with E-state index in [9.17, 15) is 8.42 Å². The molecule has 0 aliphatic heterocycles. The quantitative estimate of drug-likeness (QED) is 0.923. The lowest BCUT2D eigenvalue weighted by Crippen LogP contribution is -2.14. The van der Waals surface area contributed by atoms with Crippen LogP contribution in [0.15, 0.2) is 35.4 Å². The van der Waals surface area contributed by atoms with Gasteiger partial charge in [-0.1, -0.05) is 26.0 Å². The summed E-state index contributed by atoms with van der Waals surface area (Å²) in [5, 5.41) is 3.97. The number of rotatable bonds is 5. The van der Waals surface area contributed by atoms with Crippen LogP contribution in [0.1, 0.15) is 37.4 Å². The zero-order chi connectivity index (χ0) is 15.6. The first-order valence-corrected chi connectivity index (χ1v) is 8.45. The van der Waals surface area contributed by atoms with Crippen molar-refractivity contribution in [3.8, 4) is 0 Å². The maximum Gasteiger partial charge on any atom is 0.265 e. The molecule has 114 valence electrons. The van der Waals surface area contributed by atoms with Crippen molar-refractivity contribution in [2.24, 2.45) is 7.05 Å². The van der Waals surface area contributed by atoms with Crippen LogP contribution in [0.5, 0.6) is 0 Å². The number of hydrogen-bond donors (Lipinski definition) is 1. The predicted octanol–water partition coefficient (Wildman–Crippen LogP) is 3.04. The van der Waals surface area contributed by atoms with Gasteiger partial charge in [-0.3, -0.25) is 9.40 Å². The number of aromatic nitrogens is 2. The van der Waals surface area contributed by atoms with E-state index in [4.69, 9.17) is 0 Å². The van der Waals surface area contributed by atoms with Crippen molar-refractivity contribution in [2.75, 3.05) is 4.72 Å². The van der Waals surface area contributed by atoms with Crippen molar-refractivity contribution in [2.45, 2.75) is 38.0 Å². The second kappa shape index (κ2) is 5.89. The van der Waals surface area contributed by atoms with Crippen LogP contribution in [-0.2, 0) is 17.1 Å². The van der Waals surface area contributed by atoms with Crippen molar-refractivity contribution < 1.29 is 8.42 Å². The topological polar surface area (TPSA) is 64.0 Å². The number of benzene rings is 1. The number of nitrogens with one attached hydrogen (secondary N) is 1. The monoisotopic (exact) mass is 307 g/mol. The minimum absolute atomic E-state index is 0.205. The summed E-state index contributed by atoms with van der Waals surface area (Å²) in [5.41, 5.74) is 2.38. The van der Waals surface area contributed by atoms with Crippen LogP contribution in [0.25, 0.3) is 0 Å². The number of hydrogen-bond acceptors (Lipinski definition) is 3. The summed E-state index contributed by atoms with van der Waals surface area (Å²) in [6, 6.07) is 7.51. The molecule has 1 N–H and O–H groups in total. The standard InChI is InChI=1S/C15H21N3O2S/c1-5-11(2)13-6-8-14(9-7-13)17-21(19,20)15-10-16-18(4)12(15)3/h6-11,17H,5H2,1-4H3. The molecule has 6 heteroatoms. The lowest BCUT2D eigenvalue weighted by Gasteiger charge is -2.11. The molecule has 0 spiro atoms. The fourth-order valence-electron chi connectivity index (χ4n) is 2.07. The van der Waals surface area contributed by atoms with Crippen molar-refractivity contribution in [1.82, 2.24) is 9.78 Å². The largest absolute Gasteiger partial charge is 0.280 e. The summed E-state index contributed by atoms with van der Waals surface area (Å²) in [4.78, 5) is 0.205. The molecule has 0 saturated heterocycles. The van der Waals surface area contributed by atoms with Crippen molar-refractivity contribution in [3.63, 3.8) is 0 Å². The van der Waals surface area contributed by atoms with Gasteiger partial charge in [-0.2, -0.15) is 5.10 Å². The molecule has 1 heterocycles. The maximum absolute atomic E-state index is 12.3. The van der Waals surface area contributed by atoms with Gasteiger partial charge in [0.1, 0.15) is 4.90 Å². The van der Waals surface area contributed by atoms with Gasteiger partial charge in [-0.15, -0.1) is 0 Å². The Bertz CT molecular complexity index is 718. The van der Waals surface area contributed by atoms with Crippen molar-refractivity contribution in [1.29, 1.82) is 0 Å². The van der Waals surface area contributed by atoms with Crippen molar-refractivity contribution in [3.05, 3.63) is 41.7 Å². The molecular formula is C15H21N3O2S. The average molecular weight is 307 g/mol. The molecule has 0 saturated carbocycles. The Balaban J connectivity index is 2.23. The zero-order valence-electron chi connectivity index (χ0n) is 12.8. The van der Waals surface area contributed by atoms with Gasteiger partial charge in [0, 0.05) is 12.7 Å². The molecular weight excluding hydrogens is 286 g/mol. The molecule has 2 aromatic rings. The Labute approximate surface area is 126 Å². The summed E-state index contributed by atoms with van der Waals surface area (Å²) < 4.78 is 28.8. The van der Waals surface area contributed by atoms with E-state index in [0.717, 1.165) is 6.42 Å². The number of aryl methyl sites for hydroxylation is 1. The average Bonchev–Trinajstić information content (AvgIpc) is 2.79. The Morgan fingerprint density at radius 1 is 1.29 bits per heavy atom. The maximum atomic E-state index is 12.3. The zero-order valence-corrected chi connectivity index (χ0v) is 13.6. The molecule has 0 aliphatic carbocycles. The smallest absolute Gasteiger partial charge is 0.265 e. The second-order valence-electron chi connectivity index (χ2n) is 5.25. The number of anilines is 1. The molecule has 2 rings (SSSR count). The third kappa shape index (κ3) is 3.26. The molecule has 0 amide bonds. The van der Waals surface area contributed by atoms with E-state index in [1.54, 1.807) is 30.8 Å². The van der Waals surface area contributed by atoms with Gasteiger partial charge in [-0.05, 0) is 37.0 Å². The summed E-state index contributed by atoms with van der Waals surface area (Å²) >= 11 is 0. The van der Waals surface area contributed by atoms with E-state index in [1.165, 1.54) is 11.8 Å². The molecule has 0 radical (unpaired) electrons. The van der Waals surface area contributed by atoms with Crippen LogP contribution in [0.2, 0.25) is 0 Å². The van der Waals surface area contributed by atoms with Crippen LogP contribution < -0.4 is 4.72 Å². The Morgan fingerprint density at radius 2 is 1.90 bits per heavy atom. The minimum Gasteiger partial charge on any atom is -0.280 e. The van der Waals surface area contributed by atoms with Crippen LogP contribution in [-0.4, -0.2) is 18.2 Å². The second-order valence-corrected chi connectivity index (χ2v) is 6.91. The molecule has 0 fully saturated rings. The van der Waals surface area contributed by atoms with Crippen LogP contribution in [0.3, 0.4) is 0 Å². The van der Waals surface area contributed by atoms with E-state index < -0.39 is 10.0 Å². The van der Waals surface area contributed by atoms with Crippen LogP contribution in [0.4, 0.5) is 5.69 Å². The van der Waals surface area contributed by atoms with E-state index in [2.05, 4.69) is 23.7 Å². The number of sulfonamides is 1. The summed E-state index contributed by atoms with van der Waals surface area (Å²) in [6.07, 6.45) is 2.42. The minimum atomic E-state index is -3.60. The summed E-state index contributed by atoms with van der Waals surface area (Å²) in [7, 11) is -1.88. The molecule has 0 aliphatic rings. The first-order chi connectivity index (χ1) is 9.85. The van der Waals surface area contributed by atoms with Gasteiger partial charge in [0.05, 0.1) is 11.9 Å². The van der Waals surface area contributed by atoms with E-state index in [1.807, 2.05) is 12.1 Å². The predicted molar refractivity (Wildman–Crippen MR) is 83.9 cm³/mol. The lowest BCUT2D eigenvalue weighted by molar-refractivity contribution is 0.600. The Hall–Kier alpha value is -1.82. The molecule has 1 atom stereocenters. The Kier molecular flexibility index (Phi) is 4.37. The van der Waals surface area contributed by atoms with Crippen molar-refractivity contribution >= 4 is 15.7 Å². The fraction of sp³-hybridized carbons (Fsp3) is 0.400. The highest BCUT2D eigenvalue weighted by molar-refractivity contribution is 7.92. The van der Waals surface area contributed by atoms with Gasteiger partial charge < -0.3 is 0 Å². The third-order valence-electron chi connectivity index (χ3n) is 3.82. The summed E-state index contributed by atoms with van der Waals surface area (Å²) in [6.45, 7) is 6.01. The van der Waals surface area contributed by atoms with E-state index in [0.29, 0.717) is 17.3 Å².